The highest BCUT2D eigenvalue weighted by Crippen LogP contribution is 2.74. The van der Waals surface area contributed by atoms with E-state index in [9.17, 15) is 19.5 Å². The molecule has 0 heterocycles. The van der Waals surface area contributed by atoms with Crippen LogP contribution in [0.1, 0.15) is 109 Å². The molecule has 34 heavy (non-hydrogen) atoms. The molecule has 8 unspecified atom stereocenters. The molecule has 188 valence electrons. The third-order valence-electron chi connectivity index (χ3n) is 12.4. The first kappa shape index (κ1) is 21.8. The van der Waals surface area contributed by atoms with Gasteiger partial charge in [0.05, 0.1) is 5.41 Å². The highest BCUT2D eigenvalue weighted by Gasteiger charge is 2.70. The molecule has 0 saturated heterocycles. The molecule has 4 saturated carbocycles. The van der Waals surface area contributed by atoms with Crippen molar-refractivity contribution in [1.82, 2.24) is 0 Å². The molecule has 0 spiro atoms. The van der Waals surface area contributed by atoms with E-state index < -0.39 is 28.6 Å². The van der Waals surface area contributed by atoms with Crippen molar-refractivity contribution in [3.05, 3.63) is 11.6 Å². The molecular formula is C30H44O4. The Morgan fingerprint density at radius 1 is 0.971 bits per heavy atom. The normalized spacial score (nSPS) is 54.3. The van der Waals surface area contributed by atoms with Crippen LogP contribution in [-0.4, -0.2) is 22.6 Å². The summed E-state index contributed by atoms with van der Waals surface area (Å²) in [5.41, 5.74) is -1.66. The Kier molecular flexibility index (Phi) is 4.39. The predicted molar refractivity (Wildman–Crippen MR) is 132 cm³/mol. The van der Waals surface area contributed by atoms with E-state index in [-0.39, 0.29) is 52.0 Å². The summed E-state index contributed by atoms with van der Waals surface area (Å²) in [5, 5.41) is 10.1. The Balaban J connectivity index is 1.65. The summed E-state index contributed by atoms with van der Waals surface area (Å²) < 4.78 is 17.3. The average molecular weight is 471 g/mol. The number of hydrogen-bond acceptors (Lipinski definition) is 3. The second kappa shape index (κ2) is 6.85. The molecule has 0 aliphatic heterocycles. The van der Waals surface area contributed by atoms with Gasteiger partial charge in [0.15, 0.2) is 5.78 Å². The van der Waals surface area contributed by atoms with Crippen LogP contribution in [0.5, 0.6) is 0 Å². The van der Waals surface area contributed by atoms with Crippen molar-refractivity contribution in [2.24, 2.45) is 50.2 Å². The minimum atomic E-state index is -1.95. The lowest BCUT2D eigenvalue weighted by molar-refractivity contribution is -0.188. The van der Waals surface area contributed by atoms with Crippen molar-refractivity contribution in [1.29, 1.82) is 0 Å². The van der Waals surface area contributed by atoms with E-state index in [4.69, 9.17) is 2.74 Å². The first-order chi connectivity index (χ1) is 16.3. The number of rotatable bonds is 1. The van der Waals surface area contributed by atoms with Crippen molar-refractivity contribution in [3.8, 4) is 0 Å². The average Bonchev–Trinajstić information content (AvgIpc) is 2.74. The Morgan fingerprint density at radius 2 is 1.62 bits per heavy atom. The molecule has 0 radical (unpaired) electrons. The van der Waals surface area contributed by atoms with Crippen molar-refractivity contribution in [3.63, 3.8) is 0 Å². The van der Waals surface area contributed by atoms with E-state index in [2.05, 4.69) is 27.7 Å². The van der Waals surface area contributed by atoms with Crippen LogP contribution in [0.3, 0.4) is 0 Å². The third-order valence-corrected chi connectivity index (χ3v) is 12.4. The van der Waals surface area contributed by atoms with E-state index in [1.165, 1.54) is 0 Å². The van der Waals surface area contributed by atoms with Crippen LogP contribution in [0.2, 0.25) is 0 Å². The summed E-state index contributed by atoms with van der Waals surface area (Å²) in [4.78, 5) is 39.7. The smallest absolute Gasteiger partial charge is 0.309 e. The van der Waals surface area contributed by atoms with E-state index in [1.807, 2.05) is 26.8 Å². The zero-order valence-corrected chi connectivity index (χ0v) is 22.1. The van der Waals surface area contributed by atoms with Crippen LogP contribution < -0.4 is 0 Å². The van der Waals surface area contributed by atoms with Crippen LogP contribution >= 0.6 is 0 Å². The first-order valence-corrected chi connectivity index (χ1v) is 13.3. The molecule has 4 fully saturated rings. The quantitative estimate of drug-likeness (QED) is 0.467. The van der Waals surface area contributed by atoms with Gasteiger partial charge < -0.3 is 5.11 Å². The van der Waals surface area contributed by atoms with E-state index in [0.29, 0.717) is 12.8 Å². The number of carboxylic acid groups (broad SMARTS) is 1. The lowest BCUT2D eigenvalue weighted by Gasteiger charge is -2.69. The predicted octanol–water partition coefficient (Wildman–Crippen LogP) is 6.62. The monoisotopic (exact) mass is 470 g/mol. The maximum atomic E-state index is 14.3. The van der Waals surface area contributed by atoms with Crippen molar-refractivity contribution < 1.29 is 22.2 Å². The largest absolute Gasteiger partial charge is 0.481 e. The first-order valence-electron chi connectivity index (χ1n) is 14.3. The SMILES string of the molecule is [2H]C1([2H])CC2(C)C(CCC3(C)C2C(=O)C=C2C4CC(C)(C(=O)O)CCC4(C)CCC23C)C(C)(C)C1=O. The van der Waals surface area contributed by atoms with Gasteiger partial charge in [-0.1, -0.05) is 47.1 Å². The summed E-state index contributed by atoms with van der Waals surface area (Å²) in [6.45, 7) is 14.6. The minimum Gasteiger partial charge on any atom is -0.481 e. The standard InChI is InChI=1S/C30H44O4/c1-25(2)21-8-11-30(7)23(28(21,5)10-9-22(25)32)20(31)16-18-19-17-27(4,24(33)34)13-12-26(19,3)14-15-29(18,30)6/h16,19,21,23H,8-15,17H2,1-7H3,(H,33,34)/i9D2. The van der Waals surface area contributed by atoms with Crippen molar-refractivity contribution in [2.45, 2.75) is 106 Å². The number of allylic oxidation sites excluding steroid dienone is 2. The van der Waals surface area contributed by atoms with Gasteiger partial charge in [-0.05, 0) is 97.9 Å². The number of Topliss-reactive ketones (excluding diaryl/α,β-unsaturated/α-hetero) is 1. The van der Waals surface area contributed by atoms with Gasteiger partial charge in [0, 0.05) is 20.4 Å². The molecule has 0 aromatic heterocycles. The molecule has 0 aromatic carbocycles. The summed E-state index contributed by atoms with van der Waals surface area (Å²) in [6, 6.07) is 0. The zero-order valence-electron chi connectivity index (χ0n) is 24.1. The van der Waals surface area contributed by atoms with Crippen LogP contribution in [0.25, 0.3) is 0 Å². The maximum Gasteiger partial charge on any atom is 0.309 e. The minimum absolute atomic E-state index is 0.00163. The number of carbonyl (C=O) groups excluding carboxylic acids is 2. The highest BCUT2D eigenvalue weighted by atomic mass is 16.4. The fourth-order valence-corrected chi connectivity index (χ4v) is 9.84. The van der Waals surface area contributed by atoms with Gasteiger partial charge >= 0.3 is 5.97 Å². The lowest BCUT2D eigenvalue weighted by Crippen LogP contribution is -2.66. The lowest BCUT2D eigenvalue weighted by atomic mass is 9.33. The molecule has 1 N–H and O–H groups in total. The summed E-state index contributed by atoms with van der Waals surface area (Å²) in [5.74, 6) is -1.32. The number of fused-ring (bicyclic) bond motifs is 7. The van der Waals surface area contributed by atoms with Gasteiger partial charge in [0.2, 0.25) is 0 Å². The van der Waals surface area contributed by atoms with Gasteiger partial charge in [-0.3, -0.25) is 14.4 Å². The Labute approximate surface area is 208 Å². The molecule has 0 bridgehead atoms. The number of hydrogen-bond donors (Lipinski definition) is 1. The molecule has 0 amide bonds. The number of carbonyl (C=O) groups is 3. The molecule has 4 heteroatoms. The molecule has 5 aliphatic rings. The summed E-state index contributed by atoms with van der Waals surface area (Å²) in [7, 11) is 0. The van der Waals surface area contributed by atoms with E-state index in [1.54, 1.807) is 0 Å². The molecule has 0 aromatic rings. The van der Waals surface area contributed by atoms with E-state index in [0.717, 1.165) is 37.7 Å². The summed E-state index contributed by atoms with van der Waals surface area (Å²) >= 11 is 0. The maximum absolute atomic E-state index is 14.3. The fourth-order valence-electron chi connectivity index (χ4n) is 9.84. The topological polar surface area (TPSA) is 71.4 Å². The van der Waals surface area contributed by atoms with Gasteiger partial charge in [-0.2, -0.15) is 0 Å². The van der Waals surface area contributed by atoms with Crippen LogP contribution in [0, 0.1) is 50.2 Å². The second-order valence-corrected chi connectivity index (χ2v) is 14.5. The van der Waals surface area contributed by atoms with Gasteiger partial charge in [0.1, 0.15) is 5.78 Å². The van der Waals surface area contributed by atoms with Crippen molar-refractivity contribution >= 4 is 17.5 Å². The third kappa shape index (κ3) is 2.75. The van der Waals surface area contributed by atoms with Gasteiger partial charge in [0.25, 0.3) is 0 Å². The Bertz CT molecular complexity index is 1090. The number of carboxylic acids is 1. The number of aliphatic carboxylic acids is 1. The van der Waals surface area contributed by atoms with Crippen molar-refractivity contribution in [2.75, 3.05) is 0 Å². The summed E-state index contributed by atoms with van der Waals surface area (Å²) in [6.07, 6.45) is 5.75. The zero-order chi connectivity index (χ0) is 26.9. The second-order valence-electron chi connectivity index (χ2n) is 14.5. The number of ketones is 2. The molecule has 5 rings (SSSR count). The van der Waals surface area contributed by atoms with Crippen LogP contribution in [0.4, 0.5) is 0 Å². The highest BCUT2D eigenvalue weighted by molar-refractivity contribution is 5.96. The van der Waals surface area contributed by atoms with Crippen LogP contribution in [-0.2, 0) is 14.4 Å². The Hall–Kier alpha value is -1.45. The van der Waals surface area contributed by atoms with Gasteiger partial charge in [-0.15, -0.1) is 0 Å². The van der Waals surface area contributed by atoms with Gasteiger partial charge in [-0.25, -0.2) is 0 Å². The molecule has 8 atom stereocenters. The Morgan fingerprint density at radius 3 is 2.26 bits per heavy atom. The fraction of sp³-hybridized carbons (Fsp3) is 0.833. The van der Waals surface area contributed by atoms with E-state index >= 15 is 0 Å². The van der Waals surface area contributed by atoms with Crippen LogP contribution in [0.15, 0.2) is 11.6 Å². The molecule has 4 nitrogen and oxygen atoms in total. The molecule has 5 aliphatic carbocycles. The molecular weight excluding hydrogens is 424 g/mol.